The molecule has 0 aliphatic carbocycles. The minimum atomic E-state index is -0.461. The van der Waals surface area contributed by atoms with Crippen LogP contribution < -0.4 is 15.0 Å². The van der Waals surface area contributed by atoms with Gasteiger partial charge in [0, 0.05) is 24.7 Å². The molecule has 2 rings (SSSR count). The lowest BCUT2D eigenvalue weighted by atomic mass is 9.88. The molecule has 1 heterocycles. The molecular weight excluding hydrogens is 283 g/mol. The average molecular weight is 303 g/mol. The first-order valence-corrected chi connectivity index (χ1v) is 6.36. The summed E-state index contributed by atoms with van der Waals surface area (Å²) in [6.45, 7) is 3.67. The van der Waals surface area contributed by atoms with E-state index in [1.54, 1.807) is 13.1 Å². The van der Waals surface area contributed by atoms with Crippen molar-refractivity contribution in [3.05, 3.63) is 24.0 Å². The molecule has 1 amide bonds. The van der Waals surface area contributed by atoms with Crippen LogP contribution in [-0.4, -0.2) is 33.2 Å². The standard InChI is InChI=1S/C14H19FN2O2.ClH/c1-9(10-7-16-8-10)14(18)17(2)11-4-5-13(19-3)12(15)6-11;/h4-6,9-10,16H,7-8H2,1-3H3;1H. The molecule has 112 valence electrons. The second kappa shape index (κ2) is 6.90. The van der Waals surface area contributed by atoms with E-state index in [4.69, 9.17) is 4.74 Å². The van der Waals surface area contributed by atoms with E-state index in [0.29, 0.717) is 11.6 Å². The highest BCUT2D eigenvalue weighted by atomic mass is 35.5. The molecule has 1 fully saturated rings. The third kappa shape index (κ3) is 3.22. The van der Waals surface area contributed by atoms with E-state index >= 15 is 0 Å². The highest BCUT2D eigenvalue weighted by molar-refractivity contribution is 5.94. The maximum atomic E-state index is 13.6. The molecular formula is C14H20ClFN2O2. The van der Waals surface area contributed by atoms with Crippen LogP contribution in [0.3, 0.4) is 0 Å². The Balaban J connectivity index is 0.00000200. The number of amides is 1. The van der Waals surface area contributed by atoms with Crippen LogP contribution in [0.2, 0.25) is 0 Å². The lowest BCUT2D eigenvalue weighted by molar-refractivity contribution is -0.123. The van der Waals surface area contributed by atoms with E-state index in [0.717, 1.165) is 13.1 Å². The maximum absolute atomic E-state index is 13.6. The number of hydrogen-bond acceptors (Lipinski definition) is 3. The molecule has 0 spiro atoms. The smallest absolute Gasteiger partial charge is 0.229 e. The van der Waals surface area contributed by atoms with Crippen LogP contribution >= 0.6 is 12.4 Å². The summed E-state index contributed by atoms with van der Waals surface area (Å²) in [6.07, 6.45) is 0. The first kappa shape index (κ1) is 16.7. The van der Waals surface area contributed by atoms with Crippen molar-refractivity contribution in [2.75, 3.05) is 32.1 Å². The molecule has 1 aromatic carbocycles. The van der Waals surface area contributed by atoms with E-state index in [9.17, 15) is 9.18 Å². The number of ether oxygens (including phenoxy) is 1. The third-order valence-electron chi connectivity index (χ3n) is 3.76. The van der Waals surface area contributed by atoms with Gasteiger partial charge >= 0.3 is 0 Å². The number of halogens is 2. The highest BCUT2D eigenvalue weighted by Crippen LogP contribution is 2.25. The van der Waals surface area contributed by atoms with Gasteiger partial charge in [-0.1, -0.05) is 6.92 Å². The summed E-state index contributed by atoms with van der Waals surface area (Å²) in [4.78, 5) is 13.8. The fourth-order valence-electron chi connectivity index (χ4n) is 2.16. The topological polar surface area (TPSA) is 41.6 Å². The summed E-state index contributed by atoms with van der Waals surface area (Å²) < 4.78 is 18.5. The Labute approximate surface area is 124 Å². The number of benzene rings is 1. The van der Waals surface area contributed by atoms with Gasteiger partial charge in [0.1, 0.15) is 0 Å². The van der Waals surface area contributed by atoms with Crippen LogP contribution in [-0.2, 0) is 4.79 Å². The van der Waals surface area contributed by atoms with E-state index in [-0.39, 0.29) is 30.0 Å². The van der Waals surface area contributed by atoms with E-state index in [1.807, 2.05) is 6.92 Å². The molecule has 1 unspecified atom stereocenters. The van der Waals surface area contributed by atoms with Gasteiger partial charge in [0.15, 0.2) is 11.6 Å². The van der Waals surface area contributed by atoms with Crippen LogP contribution in [0, 0.1) is 17.7 Å². The number of nitrogens with one attached hydrogen (secondary N) is 1. The Bertz CT molecular complexity index is 480. The molecule has 4 nitrogen and oxygen atoms in total. The van der Waals surface area contributed by atoms with E-state index < -0.39 is 5.82 Å². The number of rotatable bonds is 4. The van der Waals surface area contributed by atoms with Crippen LogP contribution in [0.5, 0.6) is 5.75 Å². The second-order valence-electron chi connectivity index (χ2n) is 4.92. The highest BCUT2D eigenvalue weighted by Gasteiger charge is 2.31. The molecule has 1 aliphatic rings. The van der Waals surface area contributed by atoms with Crippen molar-refractivity contribution in [3.63, 3.8) is 0 Å². The van der Waals surface area contributed by atoms with Crippen molar-refractivity contribution in [3.8, 4) is 5.75 Å². The summed E-state index contributed by atoms with van der Waals surface area (Å²) in [6, 6.07) is 4.54. The monoisotopic (exact) mass is 302 g/mol. The number of carbonyl (C=O) groups is 1. The van der Waals surface area contributed by atoms with Crippen LogP contribution in [0.1, 0.15) is 6.92 Å². The van der Waals surface area contributed by atoms with Gasteiger partial charge in [-0.15, -0.1) is 12.4 Å². The van der Waals surface area contributed by atoms with Crippen molar-refractivity contribution < 1.29 is 13.9 Å². The van der Waals surface area contributed by atoms with Gasteiger partial charge in [0.25, 0.3) is 0 Å². The predicted molar refractivity (Wildman–Crippen MR) is 79.1 cm³/mol. The van der Waals surface area contributed by atoms with Gasteiger partial charge in [-0.05, 0) is 31.1 Å². The van der Waals surface area contributed by atoms with Crippen LogP contribution in [0.4, 0.5) is 10.1 Å². The van der Waals surface area contributed by atoms with Gasteiger partial charge < -0.3 is 15.0 Å². The fraction of sp³-hybridized carbons (Fsp3) is 0.500. The summed E-state index contributed by atoms with van der Waals surface area (Å²) in [5, 5.41) is 3.15. The normalized spacial score (nSPS) is 15.8. The second-order valence-corrected chi connectivity index (χ2v) is 4.92. The summed E-state index contributed by atoms with van der Waals surface area (Å²) in [7, 11) is 3.09. The molecule has 1 atom stereocenters. The van der Waals surface area contributed by atoms with E-state index in [2.05, 4.69) is 5.32 Å². The Kier molecular flexibility index (Phi) is 5.77. The quantitative estimate of drug-likeness (QED) is 0.926. The SMILES string of the molecule is COc1ccc(N(C)C(=O)C(C)C2CNC2)cc1F.Cl. The predicted octanol–water partition coefficient (Wildman–Crippen LogP) is 2.07. The Morgan fingerprint density at radius 2 is 2.15 bits per heavy atom. The van der Waals surface area contributed by atoms with Gasteiger partial charge in [0.2, 0.25) is 5.91 Å². The molecule has 1 aliphatic heterocycles. The molecule has 6 heteroatoms. The minimum absolute atomic E-state index is 0. The maximum Gasteiger partial charge on any atom is 0.229 e. The van der Waals surface area contributed by atoms with Crippen molar-refractivity contribution in [2.45, 2.75) is 6.92 Å². The van der Waals surface area contributed by atoms with Gasteiger partial charge in [-0.25, -0.2) is 4.39 Å². The van der Waals surface area contributed by atoms with Gasteiger partial charge in [-0.2, -0.15) is 0 Å². The molecule has 1 N–H and O–H groups in total. The van der Waals surface area contributed by atoms with Crippen molar-refractivity contribution in [1.82, 2.24) is 5.32 Å². The largest absolute Gasteiger partial charge is 0.494 e. The number of methoxy groups -OCH3 is 1. The van der Waals surface area contributed by atoms with Crippen molar-refractivity contribution in [2.24, 2.45) is 11.8 Å². The zero-order valence-electron chi connectivity index (χ0n) is 11.9. The lowest BCUT2D eigenvalue weighted by Gasteiger charge is -2.34. The minimum Gasteiger partial charge on any atom is -0.494 e. The van der Waals surface area contributed by atoms with E-state index in [1.165, 1.54) is 24.1 Å². The molecule has 20 heavy (non-hydrogen) atoms. The molecule has 0 saturated carbocycles. The fourth-order valence-corrected chi connectivity index (χ4v) is 2.16. The molecule has 1 saturated heterocycles. The first-order valence-electron chi connectivity index (χ1n) is 6.36. The number of anilines is 1. The molecule has 0 bridgehead atoms. The van der Waals surface area contributed by atoms with Crippen LogP contribution in [0.25, 0.3) is 0 Å². The molecule has 1 aromatic rings. The molecule has 0 radical (unpaired) electrons. The number of hydrogen-bond donors (Lipinski definition) is 1. The average Bonchev–Trinajstić information content (AvgIpc) is 2.34. The zero-order valence-corrected chi connectivity index (χ0v) is 12.7. The Morgan fingerprint density at radius 1 is 1.50 bits per heavy atom. The summed E-state index contributed by atoms with van der Waals surface area (Å²) in [5.74, 6) is 0.0454. The Hall–Kier alpha value is -1.33. The zero-order chi connectivity index (χ0) is 14.0. The van der Waals surface area contributed by atoms with Crippen LogP contribution in [0.15, 0.2) is 18.2 Å². The number of carbonyl (C=O) groups excluding carboxylic acids is 1. The summed E-state index contributed by atoms with van der Waals surface area (Å²) in [5.41, 5.74) is 0.544. The summed E-state index contributed by atoms with van der Waals surface area (Å²) >= 11 is 0. The Morgan fingerprint density at radius 3 is 2.60 bits per heavy atom. The first-order chi connectivity index (χ1) is 9.04. The van der Waals surface area contributed by atoms with Crippen molar-refractivity contribution >= 4 is 24.0 Å². The third-order valence-corrected chi connectivity index (χ3v) is 3.76. The number of nitrogens with zero attached hydrogens (tertiary/aromatic N) is 1. The van der Waals surface area contributed by atoms with Crippen molar-refractivity contribution in [1.29, 1.82) is 0 Å². The lowest BCUT2D eigenvalue weighted by Crippen LogP contribution is -2.50. The van der Waals surface area contributed by atoms with Gasteiger partial charge in [-0.3, -0.25) is 4.79 Å². The molecule has 0 aromatic heterocycles. The van der Waals surface area contributed by atoms with Gasteiger partial charge in [0.05, 0.1) is 7.11 Å².